The predicted octanol–water partition coefficient (Wildman–Crippen LogP) is 5.57. The van der Waals surface area contributed by atoms with Crippen LogP contribution in [0.15, 0.2) is 65.2 Å². The second-order valence-electron chi connectivity index (χ2n) is 8.78. The summed E-state index contributed by atoms with van der Waals surface area (Å²) < 4.78 is 25.7. The molecule has 4 rings (SSSR count). The summed E-state index contributed by atoms with van der Waals surface area (Å²) in [5, 5.41) is 13.2. The Bertz CT molecular complexity index is 1380. The highest BCUT2D eigenvalue weighted by molar-refractivity contribution is 5.74. The zero-order valence-electron chi connectivity index (χ0n) is 20.7. The number of carboxylic acids is 1. The highest BCUT2D eigenvalue weighted by Crippen LogP contribution is 2.32. The van der Waals surface area contributed by atoms with Gasteiger partial charge < -0.3 is 14.4 Å². The van der Waals surface area contributed by atoms with E-state index < -0.39 is 17.8 Å². The summed E-state index contributed by atoms with van der Waals surface area (Å²) in [6.45, 7) is 4.20. The van der Waals surface area contributed by atoms with Crippen LogP contribution in [-0.4, -0.2) is 46.3 Å². The molecule has 0 aliphatic heterocycles. The Kier molecular flexibility index (Phi) is 7.57. The van der Waals surface area contributed by atoms with Crippen LogP contribution in [0.1, 0.15) is 23.6 Å². The van der Waals surface area contributed by atoms with E-state index in [9.17, 15) is 9.18 Å². The van der Waals surface area contributed by atoms with Crippen molar-refractivity contribution >= 4 is 5.97 Å². The van der Waals surface area contributed by atoms with E-state index in [-0.39, 0.29) is 12.4 Å². The average Bonchev–Trinajstić information content (AvgIpc) is 3.36. The Morgan fingerprint density at radius 3 is 2.53 bits per heavy atom. The van der Waals surface area contributed by atoms with E-state index in [0.717, 1.165) is 27.8 Å². The van der Waals surface area contributed by atoms with Crippen molar-refractivity contribution in [1.29, 1.82) is 0 Å². The summed E-state index contributed by atoms with van der Waals surface area (Å²) in [5.41, 5.74) is 5.93. The summed E-state index contributed by atoms with van der Waals surface area (Å²) in [6, 6.07) is 18.0. The summed E-state index contributed by atoms with van der Waals surface area (Å²) in [5.74, 6) is -0.847. The van der Waals surface area contributed by atoms with Crippen LogP contribution in [0, 0.1) is 12.7 Å². The molecule has 36 heavy (non-hydrogen) atoms. The third-order valence-electron chi connectivity index (χ3n) is 6.26. The fraction of sp³-hybridized carbons (Fsp3) is 0.250. The summed E-state index contributed by atoms with van der Waals surface area (Å²) in [6.07, 6.45) is 0. The SMILES string of the molecule is COCc1cc(-c2nc(-c3ccc(CN(C)C(C)C(=O)O)c(F)c3)no2)ccc1-c1ccccc1C. The van der Waals surface area contributed by atoms with Crippen molar-refractivity contribution in [2.24, 2.45) is 0 Å². The lowest BCUT2D eigenvalue weighted by Crippen LogP contribution is -2.35. The van der Waals surface area contributed by atoms with Gasteiger partial charge in [0, 0.05) is 30.3 Å². The van der Waals surface area contributed by atoms with Gasteiger partial charge in [-0.25, -0.2) is 4.39 Å². The van der Waals surface area contributed by atoms with Crippen LogP contribution in [0.25, 0.3) is 34.0 Å². The first-order chi connectivity index (χ1) is 17.3. The van der Waals surface area contributed by atoms with Crippen LogP contribution in [0.3, 0.4) is 0 Å². The van der Waals surface area contributed by atoms with Gasteiger partial charge in [-0.1, -0.05) is 47.6 Å². The molecule has 1 heterocycles. The van der Waals surface area contributed by atoms with Crippen LogP contribution in [0.2, 0.25) is 0 Å². The van der Waals surface area contributed by atoms with E-state index >= 15 is 0 Å². The molecule has 0 radical (unpaired) electrons. The highest BCUT2D eigenvalue weighted by Gasteiger charge is 2.19. The first-order valence-electron chi connectivity index (χ1n) is 11.5. The van der Waals surface area contributed by atoms with Crippen molar-refractivity contribution in [2.45, 2.75) is 33.0 Å². The lowest BCUT2D eigenvalue weighted by atomic mass is 9.94. The summed E-state index contributed by atoms with van der Waals surface area (Å²) in [7, 11) is 3.29. The largest absolute Gasteiger partial charge is 0.480 e. The number of benzene rings is 3. The number of aliphatic carboxylic acids is 1. The molecule has 7 nitrogen and oxygen atoms in total. The van der Waals surface area contributed by atoms with E-state index in [1.807, 2.05) is 30.3 Å². The number of halogens is 1. The molecule has 1 unspecified atom stereocenters. The zero-order chi connectivity index (χ0) is 25.8. The van der Waals surface area contributed by atoms with Crippen molar-refractivity contribution in [3.63, 3.8) is 0 Å². The second-order valence-corrected chi connectivity index (χ2v) is 8.78. The third kappa shape index (κ3) is 5.35. The number of hydrogen-bond donors (Lipinski definition) is 1. The number of carboxylic acid groups (broad SMARTS) is 1. The van der Waals surface area contributed by atoms with Crippen LogP contribution in [-0.2, 0) is 22.7 Å². The van der Waals surface area contributed by atoms with Crippen LogP contribution < -0.4 is 0 Å². The first-order valence-corrected chi connectivity index (χ1v) is 11.5. The van der Waals surface area contributed by atoms with Gasteiger partial charge in [0.15, 0.2) is 0 Å². The van der Waals surface area contributed by atoms with E-state index in [0.29, 0.717) is 23.6 Å². The van der Waals surface area contributed by atoms with E-state index in [1.54, 1.807) is 38.1 Å². The molecule has 0 aliphatic rings. The molecule has 0 saturated carbocycles. The molecule has 1 atom stereocenters. The minimum absolute atomic E-state index is 0.159. The maximum atomic E-state index is 14.8. The summed E-state index contributed by atoms with van der Waals surface area (Å²) in [4.78, 5) is 17.2. The minimum atomic E-state index is -0.963. The molecule has 1 aromatic heterocycles. The van der Waals surface area contributed by atoms with Gasteiger partial charge in [-0.15, -0.1) is 0 Å². The van der Waals surface area contributed by atoms with Gasteiger partial charge in [-0.05, 0) is 61.3 Å². The van der Waals surface area contributed by atoms with Gasteiger partial charge in [0.05, 0.1) is 6.61 Å². The Hall–Kier alpha value is -3.88. The number of methoxy groups -OCH3 is 1. The normalized spacial score (nSPS) is 12.2. The molecule has 1 N–H and O–H groups in total. The molecule has 0 amide bonds. The zero-order valence-corrected chi connectivity index (χ0v) is 20.7. The van der Waals surface area contributed by atoms with Crippen LogP contribution in [0.4, 0.5) is 4.39 Å². The molecule has 0 bridgehead atoms. The van der Waals surface area contributed by atoms with Gasteiger partial charge in [-0.2, -0.15) is 4.98 Å². The molecule has 186 valence electrons. The fourth-order valence-corrected chi connectivity index (χ4v) is 4.01. The van der Waals surface area contributed by atoms with Gasteiger partial charge in [-0.3, -0.25) is 9.69 Å². The average molecular weight is 490 g/mol. The van der Waals surface area contributed by atoms with E-state index in [4.69, 9.17) is 14.4 Å². The Morgan fingerprint density at radius 1 is 1.08 bits per heavy atom. The third-order valence-corrected chi connectivity index (χ3v) is 6.26. The van der Waals surface area contributed by atoms with E-state index in [1.165, 1.54) is 6.07 Å². The number of aromatic nitrogens is 2. The molecule has 4 aromatic rings. The van der Waals surface area contributed by atoms with Crippen molar-refractivity contribution in [3.05, 3.63) is 83.2 Å². The predicted molar refractivity (Wildman–Crippen MR) is 135 cm³/mol. The highest BCUT2D eigenvalue weighted by atomic mass is 19.1. The number of carbonyl (C=O) groups is 1. The maximum Gasteiger partial charge on any atom is 0.320 e. The van der Waals surface area contributed by atoms with Gasteiger partial charge >= 0.3 is 5.97 Å². The van der Waals surface area contributed by atoms with Gasteiger partial charge in [0.1, 0.15) is 11.9 Å². The Balaban J connectivity index is 1.59. The lowest BCUT2D eigenvalue weighted by molar-refractivity contribution is -0.142. The molecule has 0 saturated heterocycles. The number of likely N-dealkylation sites (N-methyl/N-ethyl adjacent to an activating group) is 1. The van der Waals surface area contributed by atoms with Crippen molar-refractivity contribution in [1.82, 2.24) is 15.0 Å². The smallest absolute Gasteiger partial charge is 0.320 e. The number of nitrogens with zero attached hydrogens (tertiary/aromatic N) is 3. The Labute approximate surface area is 209 Å². The lowest BCUT2D eigenvalue weighted by Gasteiger charge is -2.21. The van der Waals surface area contributed by atoms with Crippen molar-refractivity contribution in [3.8, 4) is 34.0 Å². The van der Waals surface area contributed by atoms with Crippen molar-refractivity contribution in [2.75, 3.05) is 14.2 Å². The van der Waals surface area contributed by atoms with Gasteiger partial charge in [0.2, 0.25) is 5.82 Å². The van der Waals surface area contributed by atoms with Gasteiger partial charge in [0.25, 0.3) is 5.89 Å². The number of hydrogen-bond acceptors (Lipinski definition) is 6. The number of rotatable bonds is 9. The standard InChI is InChI=1S/C28H28FN3O4/c1-17-7-5-6-8-23(17)24-12-11-20(13-22(24)16-35-4)27-30-26(31-36-27)19-9-10-21(25(29)14-19)15-32(3)18(2)28(33)34/h5-14,18H,15-16H2,1-4H3,(H,33,34). The molecule has 0 spiro atoms. The fourth-order valence-electron chi connectivity index (χ4n) is 4.01. The molecular formula is C28H28FN3O4. The molecule has 0 aliphatic carbocycles. The minimum Gasteiger partial charge on any atom is -0.480 e. The molecule has 8 heteroatoms. The molecular weight excluding hydrogens is 461 g/mol. The van der Waals surface area contributed by atoms with E-state index in [2.05, 4.69) is 29.2 Å². The quantitative estimate of drug-likeness (QED) is 0.329. The molecule has 3 aromatic carbocycles. The second kappa shape index (κ2) is 10.8. The Morgan fingerprint density at radius 2 is 1.83 bits per heavy atom. The summed E-state index contributed by atoms with van der Waals surface area (Å²) >= 11 is 0. The monoisotopic (exact) mass is 489 g/mol. The first kappa shape index (κ1) is 25.2. The van der Waals surface area contributed by atoms with Crippen LogP contribution >= 0.6 is 0 Å². The number of aryl methyl sites for hydroxylation is 1. The molecule has 0 fully saturated rings. The van der Waals surface area contributed by atoms with Crippen molar-refractivity contribution < 1.29 is 23.6 Å². The maximum absolute atomic E-state index is 14.8. The topological polar surface area (TPSA) is 88.7 Å². The number of ether oxygens (including phenoxy) is 1. The van der Waals surface area contributed by atoms with Crippen LogP contribution in [0.5, 0.6) is 0 Å².